The van der Waals surface area contributed by atoms with Crippen LogP contribution in [0.4, 0.5) is 0 Å². The Bertz CT molecular complexity index is 470. The van der Waals surface area contributed by atoms with Crippen molar-refractivity contribution in [1.82, 2.24) is 9.13 Å². The first kappa shape index (κ1) is 10.2. The topological polar surface area (TPSA) is 26.9 Å². The maximum Gasteiger partial charge on any atom is 0.225 e. The molecule has 2 heterocycles. The molecule has 0 saturated heterocycles. The highest BCUT2D eigenvalue weighted by atomic mass is 16.1. The van der Waals surface area contributed by atoms with Crippen LogP contribution in [0.15, 0.2) is 62.2 Å². The first-order valence-electron chi connectivity index (χ1n) is 4.89. The molecule has 0 unspecified atom stereocenters. The number of carbonyl (C=O) groups excluding carboxylic acids is 1. The molecule has 3 heteroatoms. The van der Waals surface area contributed by atoms with Crippen molar-refractivity contribution in [3.8, 4) is 0 Å². The average molecular weight is 212 g/mol. The molecular weight excluding hydrogens is 200 g/mol. The summed E-state index contributed by atoms with van der Waals surface area (Å²) in [6.07, 6.45) is 7.12. The minimum absolute atomic E-state index is 0.174. The van der Waals surface area contributed by atoms with E-state index >= 15 is 0 Å². The molecule has 0 N–H and O–H groups in total. The Morgan fingerprint density at radius 2 is 1.06 bits per heavy atom. The second-order valence-electron chi connectivity index (χ2n) is 3.40. The normalized spacial score (nSPS) is 10.0. The Morgan fingerprint density at radius 1 is 0.750 bits per heavy atom. The van der Waals surface area contributed by atoms with E-state index in [4.69, 9.17) is 0 Å². The fraction of sp³-hybridized carbons (Fsp3) is 0. The van der Waals surface area contributed by atoms with Crippen LogP contribution in [0.5, 0.6) is 0 Å². The molecule has 80 valence electrons. The average Bonchev–Trinajstić information content (AvgIpc) is 2.97. The van der Waals surface area contributed by atoms with Crippen LogP contribution in [0.1, 0.15) is 0 Å². The van der Waals surface area contributed by atoms with Gasteiger partial charge >= 0.3 is 0 Å². The van der Waals surface area contributed by atoms with Crippen LogP contribution in [0.2, 0.25) is 0 Å². The fourth-order valence-corrected chi connectivity index (χ4v) is 1.43. The van der Waals surface area contributed by atoms with Crippen molar-refractivity contribution in [1.29, 1.82) is 0 Å². The lowest BCUT2D eigenvalue weighted by Crippen LogP contribution is -2.11. The van der Waals surface area contributed by atoms with Crippen molar-refractivity contribution in [2.45, 2.75) is 0 Å². The predicted molar refractivity (Wildman–Crippen MR) is 64.5 cm³/mol. The van der Waals surface area contributed by atoms with E-state index in [1.54, 1.807) is 33.9 Å². The van der Waals surface area contributed by atoms with Gasteiger partial charge in [0.05, 0.1) is 11.4 Å². The monoisotopic (exact) mass is 212 g/mol. The molecule has 0 bridgehead atoms. The second kappa shape index (κ2) is 4.06. The van der Waals surface area contributed by atoms with Crippen LogP contribution >= 0.6 is 0 Å². The van der Waals surface area contributed by atoms with Gasteiger partial charge in [-0.3, -0.25) is 4.79 Å². The van der Waals surface area contributed by atoms with Crippen LogP contribution in [-0.4, -0.2) is 14.9 Å². The third-order valence-electron chi connectivity index (χ3n) is 2.36. The van der Waals surface area contributed by atoms with Crippen LogP contribution in [-0.2, 0) is 4.79 Å². The lowest BCUT2D eigenvalue weighted by atomic mass is 10.2. The fourth-order valence-electron chi connectivity index (χ4n) is 1.43. The molecular formula is C13H12N2O. The van der Waals surface area contributed by atoms with Gasteiger partial charge in [-0.05, 0) is 24.3 Å². The van der Waals surface area contributed by atoms with Gasteiger partial charge in [-0.15, -0.1) is 0 Å². The van der Waals surface area contributed by atoms with Crippen molar-refractivity contribution in [3.05, 3.63) is 62.2 Å². The molecule has 2 rings (SSSR count). The Morgan fingerprint density at radius 3 is 1.38 bits per heavy atom. The number of carbonyl (C=O) groups is 1. The Kier molecular flexibility index (Phi) is 2.60. The first-order valence-corrected chi connectivity index (χ1v) is 4.89. The number of hydrogen-bond acceptors (Lipinski definition) is 1. The van der Waals surface area contributed by atoms with E-state index in [0.29, 0.717) is 11.4 Å². The van der Waals surface area contributed by atoms with Crippen molar-refractivity contribution in [2.24, 2.45) is 0 Å². The van der Waals surface area contributed by atoms with Gasteiger partial charge < -0.3 is 9.13 Å². The lowest BCUT2D eigenvalue weighted by molar-refractivity contribution is -0.109. The van der Waals surface area contributed by atoms with Gasteiger partial charge in [-0.1, -0.05) is 13.2 Å². The zero-order valence-electron chi connectivity index (χ0n) is 8.84. The summed E-state index contributed by atoms with van der Waals surface area (Å²) in [5.41, 5.74) is 0.785. The van der Waals surface area contributed by atoms with Gasteiger partial charge in [0.2, 0.25) is 5.78 Å². The zero-order chi connectivity index (χ0) is 11.5. The Labute approximate surface area is 93.9 Å². The van der Waals surface area contributed by atoms with E-state index in [1.807, 2.05) is 24.3 Å². The summed E-state index contributed by atoms with van der Waals surface area (Å²) in [6.45, 7) is 7.53. The maximum absolute atomic E-state index is 12.0. The summed E-state index contributed by atoms with van der Waals surface area (Å²) in [7, 11) is 0. The van der Waals surface area contributed by atoms with Crippen molar-refractivity contribution < 1.29 is 4.79 Å². The molecule has 0 atom stereocenters. The van der Waals surface area contributed by atoms with Crippen LogP contribution in [0.3, 0.4) is 0 Å². The summed E-state index contributed by atoms with van der Waals surface area (Å²) in [6, 6.07) is 7.38. The van der Waals surface area contributed by atoms with Crippen LogP contribution in [0.25, 0.3) is 11.4 Å². The second-order valence-corrected chi connectivity index (χ2v) is 3.40. The van der Waals surface area contributed by atoms with E-state index in [2.05, 4.69) is 13.2 Å². The van der Waals surface area contributed by atoms with Crippen LogP contribution in [0, 0.1) is 0 Å². The van der Waals surface area contributed by atoms with Gasteiger partial charge in [0, 0.05) is 24.8 Å². The summed E-state index contributed by atoms with van der Waals surface area (Å²) < 4.78 is 3.36. The molecule has 0 spiro atoms. The number of Topliss-reactive ketones (excluding diaryl/α,β-unsaturated/α-hetero) is 1. The Hall–Kier alpha value is -2.29. The SMILES string of the molecule is C=C(C(=O)C(=C)n1cccc1)n1cccc1. The molecule has 0 saturated carbocycles. The molecule has 0 aliphatic carbocycles. The molecule has 0 radical (unpaired) electrons. The highest BCUT2D eigenvalue weighted by molar-refractivity contribution is 6.35. The minimum Gasteiger partial charge on any atom is -0.321 e. The maximum atomic E-state index is 12.0. The summed E-state index contributed by atoms with van der Waals surface area (Å²) >= 11 is 0. The van der Waals surface area contributed by atoms with Gasteiger partial charge in [0.1, 0.15) is 0 Å². The standard InChI is InChI=1S/C13H12N2O/c1-11(14-7-3-4-8-14)13(16)12(2)15-9-5-6-10-15/h3-10H,1-2H2. The molecule has 0 aromatic carbocycles. The first-order chi connectivity index (χ1) is 7.70. The van der Waals surface area contributed by atoms with Crippen molar-refractivity contribution in [2.75, 3.05) is 0 Å². The molecule has 2 aromatic heterocycles. The summed E-state index contributed by atoms with van der Waals surface area (Å²) in [5, 5.41) is 0. The highest BCUT2D eigenvalue weighted by Gasteiger charge is 2.13. The van der Waals surface area contributed by atoms with E-state index < -0.39 is 0 Å². The number of allylic oxidation sites excluding steroid dienone is 2. The molecule has 2 aromatic rings. The number of nitrogens with zero attached hydrogens (tertiary/aromatic N) is 2. The molecule has 16 heavy (non-hydrogen) atoms. The van der Waals surface area contributed by atoms with Gasteiger partial charge in [0.25, 0.3) is 0 Å². The van der Waals surface area contributed by atoms with E-state index in [0.717, 1.165) is 0 Å². The highest BCUT2D eigenvalue weighted by Crippen LogP contribution is 2.13. The number of hydrogen-bond donors (Lipinski definition) is 0. The van der Waals surface area contributed by atoms with Gasteiger partial charge in [0.15, 0.2) is 0 Å². The smallest absolute Gasteiger partial charge is 0.225 e. The van der Waals surface area contributed by atoms with E-state index in [-0.39, 0.29) is 5.78 Å². The summed E-state index contributed by atoms with van der Waals surface area (Å²) in [4.78, 5) is 12.0. The van der Waals surface area contributed by atoms with Gasteiger partial charge in [-0.2, -0.15) is 0 Å². The quantitative estimate of drug-likeness (QED) is 0.715. The van der Waals surface area contributed by atoms with E-state index in [9.17, 15) is 4.79 Å². The van der Waals surface area contributed by atoms with Crippen molar-refractivity contribution >= 4 is 17.2 Å². The molecule has 0 aliphatic rings. The molecule has 0 aliphatic heterocycles. The molecule has 0 fully saturated rings. The minimum atomic E-state index is -0.174. The number of rotatable bonds is 4. The van der Waals surface area contributed by atoms with E-state index in [1.165, 1.54) is 0 Å². The third kappa shape index (κ3) is 1.75. The van der Waals surface area contributed by atoms with Crippen LogP contribution < -0.4 is 0 Å². The third-order valence-corrected chi connectivity index (χ3v) is 2.36. The summed E-state index contributed by atoms with van der Waals surface area (Å²) in [5.74, 6) is -0.174. The number of ketones is 1. The molecule has 3 nitrogen and oxygen atoms in total. The number of aromatic nitrogens is 2. The largest absolute Gasteiger partial charge is 0.321 e. The predicted octanol–water partition coefficient (Wildman–Crippen LogP) is 2.50. The van der Waals surface area contributed by atoms with Crippen molar-refractivity contribution in [3.63, 3.8) is 0 Å². The Balaban J connectivity index is 2.21. The molecule has 0 amide bonds. The zero-order valence-corrected chi connectivity index (χ0v) is 8.84. The lowest BCUT2D eigenvalue weighted by Gasteiger charge is -2.09. The van der Waals surface area contributed by atoms with Gasteiger partial charge in [-0.25, -0.2) is 0 Å².